The summed E-state index contributed by atoms with van der Waals surface area (Å²) in [5.41, 5.74) is 3.03. The molecule has 2 heteroatoms. The van der Waals surface area contributed by atoms with Crippen LogP contribution in [0.5, 0.6) is 0 Å². The third-order valence-corrected chi connectivity index (χ3v) is 3.37. The first-order chi connectivity index (χ1) is 8.26. The van der Waals surface area contributed by atoms with E-state index in [2.05, 4.69) is 24.8 Å². The van der Waals surface area contributed by atoms with Crippen LogP contribution in [0, 0.1) is 0 Å². The third kappa shape index (κ3) is 2.41. The predicted molar refractivity (Wildman–Crippen MR) is 70.1 cm³/mol. The van der Waals surface area contributed by atoms with Crippen LogP contribution < -0.4 is 0 Å². The van der Waals surface area contributed by atoms with Crippen molar-refractivity contribution >= 4 is 5.78 Å². The van der Waals surface area contributed by atoms with E-state index >= 15 is 0 Å². The molecule has 0 amide bonds. The largest absolute Gasteiger partial charge is 0.378 e. The van der Waals surface area contributed by atoms with Gasteiger partial charge in [0.25, 0.3) is 0 Å². The van der Waals surface area contributed by atoms with Gasteiger partial charge in [0.1, 0.15) is 0 Å². The van der Waals surface area contributed by atoms with Crippen LogP contribution in [0.3, 0.4) is 0 Å². The average molecular weight is 229 g/mol. The molecule has 1 aromatic rings. The molecular weight excluding hydrogens is 210 g/mol. The van der Waals surface area contributed by atoms with Gasteiger partial charge >= 0.3 is 0 Å². The SMILES string of the molecule is CCN(C=C1CCc2ccccc2C1=O)CC. The molecule has 2 rings (SSSR count). The highest BCUT2D eigenvalue weighted by molar-refractivity contribution is 6.10. The number of hydrogen-bond acceptors (Lipinski definition) is 2. The number of benzene rings is 1. The van der Waals surface area contributed by atoms with Gasteiger partial charge in [-0.2, -0.15) is 0 Å². The van der Waals surface area contributed by atoms with Crippen LogP contribution in [-0.4, -0.2) is 23.8 Å². The molecule has 0 fully saturated rings. The topological polar surface area (TPSA) is 20.3 Å². The molecule has 0 aromatic heterocycles. The van der Waals surface area contributed by atoms with E-state index in [9.17, 15) is 4.79 Å². The highest BCUT2D eigenvalue weighted by Crippen LogP contribution is 2.25. The fraction of sp³-hybridized carbons (Fsp3) is 0.400. The fourth-order valence-corrected chi connectivity index (χ4v) is 2.27. The van der Waals surface area contributed by atoms with Crippen LogP contribution in [0.4, 0.5) is 0 Å². The van der Waals surface area contributed by atoms with Crippen molar-refractivity contribution in [2.24, 2.45) is 0 Å². The summed E-state index contributed by atoms with van der Waals surface area (Å²) in [5, 5.41) is 0. The number of fused-ring (bicyclic) bond motifs is 1. The highest BCUT2D eigenvalue weighted by atomic mass is 16.1. The number of rotatable bonds is 3. The smallest absolute Gasteiger partial charge is 0.190 e. The van der Waals surface area contributed by atoms with Crippen molar-refractivity contribution in [3.63, 3.8) is 0 Å². The van der Waals surface area contributed by atoms with Gasteiger partial charge in [0.05, 0.1) is 0 Å². The molecule has 0 heterocycles. The number of carbonyl (C=O) groups is 1. The van der Waals surface area contributed by atoms with E-state index < -0.39 is 0 Å². The number of ketones is 1. The summed E-state index contributed by atoms with van der Waals surface area (Å²) >= 11 is 0. The number of nitrogens with zero attached hydrogens (tertiary/aromatic N) is 1. The number of hydrogen-bond donors (Lipinski definition) is 0. The number of allylic oxidation sites excluding steroid dienone is 1. The van der Waals surface area contributed by atoms with Gasteiger partial charge in [0, 0.05) is 30.4 Å². The Kier molecular flexibility index (Phi) is 3.62. The molecule has 1 aliphatic rings. The van der Waals surface area contributed by atoms with Gasteiger partial charge in [-0.15, -0.1) is 0 Å². The lowest BCUT2D eigenvalue weighted by molar-refractivity contribution is 0.102. The second-order valence-electron chi connectivity index (χ2n) is 4.36. The summed E-state index contributed by atoms with van der Waals surface area (Å²) in [4.78, 5) is 14.5. The molecule has 0 saturated heterocycles. The van der Waals surface area contributed by atoms with Crippen molar-refractivity contribution < 1.29 is 4.79 Å². The maximum Gasteiger partial charge on any atom is 0.190 e. The van der Waals surface area contributed by atoms with Gasteiger partial charge < -0.3 is 4.90 Å². The summed E-state index contributed by atoms with van der Waals surface area (Å²) in [7, 11) is 0. The first-order valence-corrected chi connectivity index (χ1v) is 6.33. The number of carbonyl (C=O) groups excluding carboxylic acids is 1. The lowest BCUT2D eigenvalue weighted by Crippen LogP contribution is -2.21. The molecule has 1 aromatic carbocycles. The lowest BCUT2D eigenvalue weighted by atomic mass is 9.87. The first-order valence-electron chi connectivity index (χ1n) is 6.33. The summed E-state index contributed by atoms with van der Waals surface area (Å²) in [6.07, 6.45) is 3.89. The Labute approximate surface area is 103 Å². The Hall–Kier alpha value is -1.57. The molecule has 0 spiro atoms. The van der Waals surface area contributed by atoms with Crippen LogP contribution in [0.1, 0.15) is 36.2 Å². The van der Waals surface area contributed by atoms with Crippen molar-refractivity contribution in [2.75, 3.05) is 13.1 Å². The van der Waals surface area contributed by atoms with Crippen molar-refractivity contribution in [3.05, 3.63) is 47.2 Å². The molecule has 0 atom stereocenters. The maximum absolute atomic E-state index is 12.3. The number of Topliss-reactive ketones (excluding diaryl/α,β-unsaturated/α-hetero) is 1. The Morgan fingerprint density at radius 1 is 1.18 bits per heavy atom. The van der Waals surface area contributed by atoms with Gasteiger partial charge in [-0.05, 0) is 32.3 Å². The zero-order valence-electron chi connectivity index (χ0n) is 10.6. The monoisotopic (exact) mass is 229 g/mol. The molecule has 0 saturated carbocycles. The fourth-order valence-electron chi connectivity index (χ4n) is 2.27. The molecule has 17 heavy (non-hydrogen) atoms. The van der Waals surface area contributed by atoms with E-state index in [4.69, 9.17) is 0 Å². The van der Waals surface area contributed by atoms with Gasteiger partial charge in [-0.3, -0.25) is 4.79 Å². The molecular formula is C15H19NO. The van der Waals surface area contributed by atoms with E-state index in [1.165, 1.54) is 5.56 Å². The minimum absolute atomic E-state index is 0.207. The van der Waals surface area contributed by atoms with Crippen LogP contribution in [0.2, 0.25) is 0 Å². The quantitative estimate of drug-likeness (QED) is 0.742. The Morgan fingerprint density at radius 2 is 1.88 bits per heavy atom. The van der Waals surface area contributed by atoms with Crippen LogP contribution in [-0.2, 0) is 6.42 Å². The maximum atomic E-state index is 12.3. The zero-order valence-corrected chi connectivity index (χ0v) is 10.6. The second kappa shape index (κ2) is 5.17. The van der Waals surface area contributed by atoms with Crippen LogP contribution in [0.25, 0.3) is 0 Å². The van der Waals surface area contributed by atoms with Gasteiger partial charge in [0.15, 0.2) is 5.78 Å². The second-order valence-corrected chi connectivity index (χ2v) is 4.36. The molecule has 0 aliphatic heterocycles. The van der Waals surface area contributed by atoms with Crippen molar-refractivity contribution in [1.29, 1.82) is 0 Å². The zero-order chi connectivity index (χ0) is 12.3. The molecule has 1 aliphatic carbocycles. The molecule has 2 nitrogen and oxygen atoms in total. The first kappa shape index (κ1) is 11.9. The van der Waals surface area contributed by atoms with E-state index in [1.54, 1.807) is 0 Å². The lowest BCUT2D eigenvalue weighted by Gasteiger charge is -2.21. The number of aryl methyl sites for hydroxylation is 1. The summed E-state index contributed by atoms with van der Waals surface area (Å²) in [5.74, 6) is 0.207. The summed E-state index contributed by atoms with van der Waals surface area (Å²) in [6.45, 7) is 6.13. The Morgan fingerprint density at radius 3 is 2.59 bits per heavy atom. The Balaban J connectivity index is 2.28. The van der Waals surface area contributed by atoms with E-state index in [1.807, 2.05) is 24.4 Å². The van der Waals surface area contributed by atoms with Crippen molar-refractivity contribution in [1.82, 2.24) is 4.90 Å². The third-order valence-electron chi connectivity index (χ3n) is 3.37. The normalized spacial score (nSPS) is 17.1. The standard InChI is InChI=1S/C15H19NO/c1-3-16(4-2)11-13-10-9-12-7-5-6-8-14(12)15(13)17/h5-8,11H,3-4,9-10H2,1-2H3. The molecule has 0 unspecified atom stereocenters. The van der Waals surface area contributed by atoms with Gasteiger partial charge in [-0.25, -0.2) is 0 Å². The van der Waals surface area contributed by atoms with E-state index in [0.29, 0.717) is 0 Å². The van der Waals surface area contributed by atoms with Crippen LogP contribution in [0.15, 0.2) is 36.0 Å². The van der Waals surface area contributed by atoms with Gasteiger partial charge in [-0.1, -0.05) is 24.3 Å². The highest BCUT2D eigenvalue weighted by Gasteiger charge is 2.21. The van der Waals surface area contributed by atoms with E-state index in [0.717, 1.165) is 37.1 Å². The minimum Gasteiger partial charge on any atom is -0.378 e. The average Bonchev–Trinajstić information content (AvgIpc) is 2.38. The van der Waals surface area contributed by atoms with E-state index in [-0.39, 0.29) is 5.78 Å². The Bertz CT molecular complexity index is 444. The predicted octanol–water partition coefficient (Wildman–Crippen LogP) is 3.04. The van der Waals surface area contributed by atoms with Crippen molar-refractivity contribution in [3.8, 4) is 0 Å². The summed E-state index contributed by atoms with van der Waals surface area (Å²) < 4.78 is 0. The molecule has 0 radical (unpaired) electrons. The van der Waals surface area contributed by atoms with Crippen molar-refractivity contribution in [2.45, 2.75) is 26.7 Å². The summed E-state index contributed by atoms with van der Waals surface area (Å²) in [6, 6.07) is 7.94. The van der Waals surface area contributed by atoms with Crippen LogP contribution >= 0.6 is 0 Å². The minimum atomic E-state index is 0.207. The molecule has 0 bridgehead atoms. The molecule has 0 N–H and O–H groups in total. The molecule has 90 valence electrons. The van der Waals surface area contributed by atoms with Gasteiger partial charge in [0.2, 0.25) is 0 Å².